The topological polar surface area (TPSA) is 86.3 Å². The minimum absolute atomic E-state index is 0.0499. The summed E-state index contributed by atoms with van der Waals surface area (Å²) in [6.45, 7) is 6.78. The first-order valence-electron chi connectivity index (χ1n) is 8.74. The van der Waals surface area contributed by atoms with Gasteiger partial charge in [-0.25, -0.2) is 14.6 Å². The SMILES string of the molecule is COCCN(C(=O)c1cnn(-c2nccc(-c3ccco3)n2)c1C)C(C)C. The predicted octanol–water partition coefficient (Wildman–Crippen LogP) is 2.73. The Kier molecular flexibility index (Phi) is 5.66. The minimum Gasteiger partial charge on any atom is -0.463 e. The van der Waals surface area contributed by atoms with Crippen LogP contribution in [0.25, 0.3) is 17.4 Å². The molecule has 142 valence electrons. The molecule has 1 amide bonds. The van der Waals surface area contributed by atoms with Gasteiger partial charge in [0.15, 0.2) is 5.76 Å². The zero-order valence-electron chi connectivity index (χ0n) is 15.9. The standard InChI is InChI=1S/C19H23N5O3/c1-13(2)23(9-11-26-4)18(25)15-12-21-24(14(15)3)19-20-8-7-16(22-19)17-6-5-10-27-17/h5-8,10,12-13H,9,11H2,1-4H3. The lowest BCUT2D eigenvalue weighted by atomic mass is 10.2. The molecule has 0 aromatic carbocycles. The first-order valence-corrected chi connectivity index (χ1v) is 8.74. The van der Waals surface area contributed by atoms with E-state index in [0.29, 0.717) is 41.8 Å². The summed E-state index contributed by atoms with van der Waals surface area (Å²) in [4.78, 5) is 23.5. The molecule has 0 aliphatic heterocycles. The Labute approximate surface area is 157 Å². The number of ether oxygens (including phenoxy) is 1. The van der Waals surface area contributed by atoms with Crippen LogP contribution in [0.2, 0.25) is 0 Å². The summed E-state index contributed by atoms with van der Waals surface area (Å²) < 4.78 is 12.1. The highest BCUT2D eigenvalue weighted by Crippen LogP contribution is 2.19. The molecule has 8 heteroatoms. The van der Waals surface area contributed by atoms with Gasteiger partial charge in [0.25, 0.3) is 11.9 Å². The molecule has 0 radical (unpaired) electrons. The van der Waals surface area contributed by atoms with Crippen molar-refractivity contribution in [1.82, 2.24) is 24.6 Å². The van der Waals surface area contributed by atoms with E-state index in [9.17, 15) is 4.79 Å². The predicted molar refractivity (Wildman–Crippen MR) is 99.6 cm³/mol. The Morgan fingerprint density at radius 2 is 2.19 bits per heavy atom. The Hall–Kier alpha value is -3.00. The van der Waals surface area contributed by atoms with Gasteiger partial charge >= 0.3 is 0 Å². The summed E-state index contributed by atoms with van der Waals surface area (Å²) in [7, 11) is 1.62. The highest BCUT2D eigenvalue weighted by atomic mass is 16.5. The maximum absolute atomic E-state index is 13.0. The highest BCUT2D eigenvalue weighted by molar-refractivity contribution is 5.95. The van der Waals surface area contributed by atoms with E-state index in [2.05, 4.69) is 15.1 Å². The summed E-state index contributed by atoms with van der Waals surface area (Å²) in [6.07, 6.45) is 4.79. The monoisotopic (exact) mass is 369 g/mol. The van der Waals surface area contributed by atoms with E-state index in [1.54, 1.807) is 47.5 Å². The smallest absolute Gasteiger partial charge is 0.257 e. The van der Waals surface area contributed by atoms with Crippen molar-refractivity contribution < 1.29 is 13.9 Å². The van der Waals surface area contributed by atoms with Crippen LogP contribution in [0.1, 0.15) is 29.9 Å². The van der Waals surface area contributed by atoms with E-state index < -0.39 is 0 Å². The Morgan fingerprint density at radius 3 is 2.85 bits per heavy atom. The van der Waals surface area contributed by atoms with Gasteiger partial charge in [0, 0.05) is 25.9 Å². The zero-order chi connectivity index (χ0) is 19.4. The molecule has 0 spiro atoms. The fourth-order valence-corrected chi connectivity index (χ4v) is 2.77. The molecule has 0 unspecified atom stereocenters. The van der Waals surface area contributed by atoms with Gasteiger partial charge in [-0.05, 0) is 39.0 Å². The molecule has 0 atom stereocenters. The molecule has 0 aliphatic rings. The van der Waals surface area contributed by atoms with Crippen LogP contribution in [0, 0.1) is 6.92 Å². The summed E-state index contributed by atoms with van der Waals surface area (Å²) in [6, 6.07) is 5.44. The van der Waals surface area contributed by atoms with Crippen molar-refractivity contribution >= 4 is 5.91 Å². The first-order chi connectivity index (χ1) is 13.0. The molecule has 0 saturated carbocycles. The fourth-order valence-electron chi connectivity index (χ4n) is 2.77. The van der Waals surface area contributed by atoms with Gasteiger partial charge in [0.05, 0.1) is 30.3 Å². The Morgan fingerprint density at radius 1 is 1.37 bits per heavy atom. The highest BCUT2D eigenvalue weighted by Gasteiger charge is 2.23. The van der Waals surface area contributed by atoms with Gasteiger partial charge in [-0.15, -0.1) is 0 Å². The summed E-state index contributed by atoms with van der Waals surface area (Å²) >= 11 is 0. The van der Waals surface area contributed by atoms with Gasteiger partial charge in [0.2, 0.25) is 0 Å². The Balaban J connectivity index is 1.91. The van der Waals surface area contributed by atoms with Crippen molar-refractivity contribution in [1.29, 1.82) is 0 Å². The van der Waals surface area contributed by atoms with Crippen LogP contribution in [0.15, 0.2) is 41.3 Å². The van der Waals surface area contributed by atoms with Crippen LogP contribution >= 0.6 is 0 Å². The molecule has 3 aromatic heterocycles. The lowest BCUT2D eigenvalue weighted by Crippen LogP contribution is -2.39. The van der Waals surface area contributed by atoms with Crippen molar-refractivity contribution in [3.8, 4) is 17.4 Å². The van der Waals surface area contributed by atoms with Gasteiger partial charge in [-0.3, -0.25) is 4.79 Å². The first kappa shape index (κ1) is 18.8. The van der Waals surface area contributed by atoms with Crippen LogP contribution in [0.4, 0.5) is 0 Å². The second kappa shape index (κ2) is 8.13. The molecule has 0 saturated heterocycles. The van der Waals surface area contributed by atoms with Crippen LogP contribution in [0.5, 0.6) is 0 Å². The number of methoxy groups -OCH3 is 1. The van der Waals surface area contributed by atoms with E-state index in [-0.39, 0.29) is 11.9 Å². The van der Waals surface area contributed by atoms with Crippen molar-refractivity contribution in [3.63, 3.8) is 0 Å². The number of carbonyl (C=O) groups is 1. The largest absolute Gasteiger partial charge is 0.463 e. The third-order valence-corrected chi connectivity index (χ3v) is 4.27. The summed E-state index contributed by atoms with van der Waals surface area (Å²) in [5.74, 6) is 0.937. The van der Waals surface area contributed by atoms with E-state index in [4.69, 9.17) is 9.15 Å². The van der Waals surface area contributed by atoms with Crippen LogP contribution < -0.4 is 0 Å². The van der Waals surface area contributed by atoms with Gasteiger partial charge < -0.3 is 14.1 Å². The summed E-state index contributed by atoms with van der Waals surface area (Å²) in [5.41, 5.74) is 1.85. The number of amides is 1. The number of hydrogen-bond donors (Lipinski definition) is 0. The van der Waals surface area contributed by atoms with Crippen LogP contribution in [0.3, 0.4) is 0 Å². The van der Waals surface area contributed by atoms with Crippen molar-refractivity contribution in [3.05, 3.63) is 48.1 Å². The number of nitrogens with zero attached hydrogens (tertiary/aromatic N) is 5. The van der Waals surface area contributed by atoms with E-state index in [1.807, 2.05) is 26.8 Å². The second-order valence-corrected chi connectivity index (χ2v) is 6.36. The minimum atomic E-state index is -0.0898. The molecule has 8 nitrogen and oxygen atoms in total. The Bertz CT molecular complexity index is 902. The molecule has 0 N–H and O–H groups in total. The number of hydrogen-bond acceptors (Lipinski definition) is 6. The lowest BCUT2D eigenvalue weighted by molar-refractivity contribution is 0.0634. The quantitative estimate of drug-likeness (QED) is 0.636. The van der Waals surface area contributed by atoms with Gasteiger partial charge in [0.1, 0.15) is 5.69 Å². The molecular weight excluding hydrogens is 346 g/mol. The molecule has 0 fully saturated rings. The normalized spacial score (nSPS) is 11.1. The van der Waals surface area contributed by atoms with Crippen LogP contribution in [-0.2, 0) is 4.74 Å². The molecular formula is C19H23N5O3. The second-order valence-electron chi connectivity index (χ2n) is 6.36. The molecule has 3 aromatic rings. The number of furan rings is 1. The average molecular weight is 369 g/mol. The fraction of sp³-hybridized carbons (Fsp3) is 0.368. The number of carbonyl (C=O) groups excluding carboxylic acids is 1. The van der Waals surface area contributed by atoms with Crippen molar-refractivity contribution in [2.75, 3.05) is 20.3 Å². The maximum Gasteiger partial charge on any atom is 0.257 e. The molecule has 3 rings (SSSR count). The van der Waals surface area contributed by atoms with Crippen molar-refractivity contribution in [2.45, 2.75) is 26.8 Å². The molecule has 3 heterocycles. The van der Waals surface area contributed by atoms with Gasteiger partial charge in [-0.2, -0.15) is 5.10 Å². The average Bonchev–Trinajstić information content (AvgIpc) is 3.31. The van der Waals surface area contributed by atoms with Crippen molar-refractivity contribution in [2.24, 2.45) is 0 Å². The van der Waals surface area contributed by atoms with Gasteiger partial charge in [-0.1, -0.05) is 0 Å². The summed E-state index contributed by atoms with van der Waals surface area (Å²) in [5, 5.41) is 4.33. The van der Waals surface area contributed by atoms with E-state index in [1.165, 1.54) is 0 Å². The lowest BCUT2D eigenvalue weighted by Gasteiger charge is -2.26. The third kappa shape index (κ3) is 3.90. The molecule has 0 bridgehead atoms. The maximum atomic E-state index is 13.0. The number of aromatic nitrogens is 4. The molecule has 0 aliphatic carbocycles. The van der Waals surface area contributed by atoms with E-state index in [0.717, 1.165) is 0 Å². The zero-order valence-corrected chi connectivity index (χ0v) is 15.9. The number of rotatable bonds is 7. The molecule has 27 heavy (non-hydrogen) atoms. The third-order valence-electron chi connectivity index (χ3n) is 4.27. The van der Waals surface area contributed by atoms with E-state index >= 15 is 0 Å². The van der Waals surface area contributed by atoms with Crippen LogP contribution in [-0.4, -0.2) is 56.9 Å².